The Kier molecular flexibility index (Phi) is 2.84. The molecule has 0 amide bonds. The van der Waals surface area contributed by atoms with Gasteiger partial charge in [-0.2, -0.15) is 5.26 Å². The van der Waals surface area contributed by atoms with Gasteiger partial charge in [-0.1, -0.05) is 12.1 Å². The fourth-order valence-corrected chi connectivity index (χ4v) is 1.84. The second-order valence-corrected chi connectivity index (χ2v) is 3.69. The first-order chi connectivity index (χ1) is 8.19. The van der Waals surface area contributed by atoms with Crippen LogP contribution in [0.4, 0.5) is 0 Å². The molecule has 0 N–H and O–H groups in total. The Labute approximate surface area is 99.0 Å². The Hall–Kier alpha value is -2.28. The summed E-state index contributed by atoms with van der Waals surface area (Å²) in [7, 11) is 0. The number of hydrogen-bond acceptors (Lipinski definition) is 3. The van der Waals surface area contributed by atoms with E-state index in [0.29, 0.717) is 6.61 Å². The predicted molar refractivity (Wildman–Crippen MR) is 63.6 cm³/mol. The van der Waals surface area contributed by atoms with Crippen LogP contribution in [0.15, 0.2) is 24.3 Å². The van der Waals surface area contributed by atoms with Gasteiger partial charge in [0.15, 0.2) is 6.19 Å². The van der Waals surface area contributed by atoms with Gasteiger partial charge in [-0.15, -0.1) is 0 Å². The van der Waals surface area contributed by atoms with Crippen molar-refractivity contribution < 1.29 is 9.53 Å². The number of esters is 1. The van der Waals surface area contributed by atoms with Crippen LogP contribution in [-0.2, 0) is 4.74 Å². The minimum atomic E-state index is -0.468. The van der Waals surface area contributed by atoms with Crippen LogP contribution >= 0.6 is 0 Å². The maximum atomic E-state index is 11.7. The van der Waals surface area contributed by atoms with Crippen molar-refractivity contribution in [3.05, 3.63) is 35.5 Å². The van der Waals surface area contributed by atoms with Crippen LogP contribution in [0.2, 0.25) is 0 Å². The summed E-state index contributed by atoms with van der Waals surface area (Å²) in [5.41, 5.74) is 2.04. The van der Waals surface area contributed by atoms with E-state index in [1.807, 2.05) is 31.3 Å². The summed E-state index contributed by atoms with van der Waals surface area (Å²) in [5, 5.41) is 10.0. The zero-order chi connectivity index (χ0) is 12.4. The standard InChI is InChI=1S/C13H12N2O2/c1-3-17-13(16)12-7-10-9(2)5-4-6-11(10)15(12)8-14/h4-7H,3H2,1-2H3. The highest BCUT2D eigenvalue weighted by Crippen LogP contribution is 2.22. The number of ether oxygens (including phenoxy) is 1. The number of carbonyl (C=O) groups excluding carboxylic acids is 1. The second-order valence-electron chi connectivity index (χ2n) is 3.69. The highest BCUT2D eigenvalue weighted by atomic mass is 16.5. The molecule has 0 saturated carbocycles. The van der Waals surface area contributed by atoms with E-state index in [1.165, 1.54) is 4.57 Å². The third-order valence-electron chi connectivity index (χ3n) is 2.65. The highest BCUT2D eigenvalue weighted by Gasteiger charge is 2.17. The van der Waals surface area contributed by atoms with Crippen molar-refractivity contribution in [3.63, 3.8) is 0 Å². The molecule has 1 aromatic heterocycles. The van der Waals surface area contributed by atoms with E-state index >= 15 is 0 Å². The third kappa shape index (κ3) is 1.76. The average molecular weight is 228 g/mol. The molecule has 86 valence electrons. The molecule has 0 unspecified atom stereocenters. The first kappa shape index (κ1) is 11.2. The molecule has 0 saturated heterocycles. The van der Waals surface area contributed by atoms with Crippen LogP contribution in [0.5, 0.6) is 0 Å². The van der Waals surface area contributed by atoms with E-state index in [4.69, 9.17) is 10.00 Å². The van der Waals surface area contributed by atoms with Crippen molar-refractivity contribution >= 4 is 16.9 Å². The lowest BCUT2D eigenvalue weighted by Crippen LogP contribution is -2.09. The Bertz CT molecular complexity index is 620. The van der Waals surface area contributed by atoms with E-state index in [-0.39, 0.29) is 5.69 Å². The maximum absolute atomic E-state index is 11.7. The minimum Gasteiger partial charge on any atom is -0.461 e. The molecule has 0 radical (unpaired) electrons. The number of nitriles is 1. The van der Waals surface area contributed by atoms with Gasteiger partial charge in [0.05, 0.1) is 12.1 Å². The first-order valence-corrected chi connectivity index (χ1v) is 5.37. The topological polar surface area (TPSA) is 55.0 Å². The van der Waals surface area contributed by atoms with Crippen LogP contribution in [0.1, 0.15) is 23.0 Å². The fourth-order valence-electron chi connectivity index (χ4n) is 1.84. The van der Waals surface area contributed by atoms with Gasteiger partial charge in [0.25, 0.3) is 0 Å². The molecule has 0 aliphatic carbocycles. The van der Waals surface area contributed by atoms with Crippen molar-refractivity contribution in [1.29, 1.82) is 5.26 Å². The summed E-state index contributed by atoms with van der Waals surface area (Å²) in [5.74, 6) is -0.468. The summed E-state index contributed by atoms with van der Waals surface area (Å²) in [6.45, 7) is 3.98. The minimum absolute atomic E-state index is 0.277. The average Bonchev–Trinajstić information content (AvgIpc) is 2.69. The lowest BCUT2D eigenvalue weighted by molar-refractivity contribution is 0.0518. The molecule has 0 atom stereocenters. The smallest absolute Gasteiger partial charge is 0.356 e. The molecular formula is C13H12N2O2. The van der Waals surface area contributed by atoms with E-state index in [9.17, 15) is 4.79 Å². The zero-order valence-electron chi connectivity index (χ0n) is 9.73. The molecule has 0 fully saturated rings. The number of fused-ring (bicyclic) bond motifs is 1. The van der Waals surface area contributed by atoms with Gasteiger partial charge in [0.2, 0.25) is 0 Å². The number of benzene rings is 1. The van der Waals surface area contributed by atoms with Gasteiger partial charge in [-0.3, -0.25) is 0 Å². The van der Waals surface area contributed by atoms with Crippen molar-refractivity contribution in [3.8, 4) is 6.19 Å². The van der Waals surface area contributed by atoms with Gasteiger partial charge in [-0.05, 0) is 31.5 Å². The van der Waals surface area contributed by atoms with Crippen LogP contribution in [0.3, 0.4) is 0 Å². The molecule has 4 heteroatoms. The summed E-state index contributed by atoms with van der Waals surface area (Å²) < 4.78 is 6.23. The van der Waals surface area contributed by atoms with Gasteiger partial charge < -0.3 is 4.74 Å². The molecule has 0 spiro atoms. The first-order valence-electron chi connectivity index (χ1n) is 5.37. The SMILES string of the molecule is CCOC(=O)c1cc2c(C)cccc2n1C#N. The summed E-state index contributed by atoms with van der Waals surface area (Å²) in [6, 6.07) is 7.32. The Morgan fingerprint density at radius 1 is 1.53 bits per heavy atom. The molecular weight excluding hydrogens is 216 g/mol. The van der Waals surface area contributed by atoms with Crippen molar-refractivity contribution in [2.45, 2.75) is 13.8 Å². The summed E-state index contributed by atoms with van der Waals surface area (Å²) in [4.78, 5) is 11.7. The van der Waals surface area contributed by atoms with E-state index in [2.05, 4.69) is 0 Å². The molecule has 4 nitrogen and oxygen atoms in total. The van der Waals surface area contributed by atoms with Crippen LogP contribution in [0, 0.1) is 18.4 Å². The summed E-state index contributed by atoms with van der Waals surface area (Å²) >= 11 is 0. The zero-order valence-corrected chi connectivity index (χ0v) is 9.73. The number of nitrogens with zero attached hydrogens (tertiary/aromatic N) is 2. The van der Waals surface area contributed by atoms with Gasteiger partial charge >= 0.3 is 5.97 Å². The molecule has 2 rings (SSSR count). The van der Waals surface area contributed by atoms with E-state index < -0.39 is 5.97 Å². The Morgan fingerprint density at radius 3 is 2.94 bits per heavy atom. The molecule has 2 aromatic rings. The highest BCUT2D eigenvalue weighted by molar-refractivity contribution is 5.97. The van der Waals surface area contributed by atoms with Crippen LogP contribution in [0.25, 0.3) is 10.9 Å². The maximum Gasteiger partial charge on any atom is 0.356 e. The van der Waals surface area contributed by atoms with Crippen molar-refractivity contribution in [2.24, 2.45) is 0 Å². The monoisotopic (exact) mass is 228 g/mol. The lowest BCUT2D eigenvalue weighted by atomic mass is 10.1. The Balaban J connectivity index is 2.69. The molecule has 0 aliphatic rings. The molecule has 1 aromatic carbocycles. The van der Waals surface area contributed by atoms with Crippen molar-refractivity contribution in [2.75, 3.05) is 6.61 Å². The fraction of sp³-hybridized carbons (Fsp3) is 0.231. The quantitative estimate of drug-likeness (QED) is 0.742. The third-order valence-corrected chi connectivity index (χ3v) is 2.65. The number of rotatable bonds is 2. The normalized spacial score (nSPS) is 10.2. The van der Waals surface area contributed by atoms with Gasteiger partial charge in [-0.25, -0.2) is 9.36 Å². The molecule has 17 heavy (non-hydrogen) atoms. The lowest BCUT2D eigenvalue weighted by Gasteiger charge is -2.00. The molecule has 0 bridgehead atoms. The number of hydrogen-bond donors (Lipinski definition) is 0. The second kappa shape index (κ2) is 4.30. The Morgan fingerprint density at radius 2 is 2.29 bits per heavy atom. The van der Waals surface area contributed by atoms with E-state index in [0.717, 1.165) is 16.5 Å². The molecule has 1 heterocycles. The van der Waals surface area contributed by atoms with E-state index in [1.54, 1.807) is 13.0 Å². The largest absolute Gasteiger partial charge is 0.461 e. The molecule has 0 aliphatic heterocycles. The summed E-state index contributed by atoms with van der Waals surface area (Å²) in [6.07, 6.45) is 2.00. The number of aromatic nitrogens is 1. The number of aryl methyl sites for hydroxylation is 1. The van der Waals surface area contributed by atoms with Crippen molar-refractivity contribution in [1.82, 2.24) is 4.57 Å². The predicted octanol–water partition coefficient (Wildman–Crippen LogP) is 2.46. The van der Waals surface area contributed by atoms with Gasteiger partial charge in [0.1, 0.15) is 5.69 Å². The van der Waals surface area contributed by atoms with Gasteiger partial charge in [0, 0.05) is 5.39 Å². The number of carbonyl (C=O) groups is 1. The van der Waals surface area contributed by atoms with Crippen LogP contribution in [-0.4, -0.2) is 17.1 Å². The van der Waals surface area contributed by atoms with Crippen LogP contribution < -0.4 is 0 Å².